The third-order valence-corrected chi connectivity index (χ3v) is 7.77. The summed E-state index contributed by atoms with van der Waals surface area (Å²) in [6, 6.07) is 20.6. The summed E-state index contributed by atoms with van der Waals surface area (Å²) in [7, 11) is -3.93. The van der Waals surface area contributed by atoms with Crippen molar-refractivity contribution in [3.63, 3.8) is 0 Å². The fourth-order valence-corrected chi connectivity index (χ4v) is 5.61. The molecule has 0 aliphatic heterocycles. The molecule has 7 nitrogen and oxygen atoms in total. The van der Waals surface area contributed by atoms with E-state index < -0.39 is 9.84 Å². The summed E-state index contributed by atoms with van der Waals surface area (Å²) in [4.78, 5) is 4.89. The van der Waals surface area contributed by atoms with Gasteiger partial charge in [0, 0.05) is 17.0 Å². The number of anilines is 1. The Morgan fingerprint density at radius 2 is 1.76 bits per heavy atom. The molecule has 0 saturated carbocycles. The molecule has 3 aromatic carbocycles. The van der Waals surface area contributed by atoms with E-state index in [1.807, 2.05) is 61.5 Å². The van der Waals surface area contributed by atoms with Gasteiger partial charge in [-0.1, -0.05) is 53.2 Å². The number of hydrogen-bond acceptors (Lipinski definition) is 6. The van der Waals surface area contributed by atoms with E-state index >= 15 is 0 Å². The smallest absolute Gasteiger partial charge is 0.229 e. The molecular formula is C25H22ClN5O2S. The van der Waals surface area contributed by atoms with Crippen LogP contribution in [-0.4, -0.2) is 34.8 Å². The third-order valence-electron chi connectivity index (χ3n) is 5.73. The maximum atomic E-state index is 13.6. The molecule has 5 aromatic rings. The van der Waals surface area contributed by atoms with Crippen molar-refractivity contribution in [2.75, 3.05) is 11.9 Å². The number of halogens is 1. The number of hydrogen-bond donors (Lipinski definition) is 1. The third kappa shape index (κ3) is 3.99. The van der Waals surface area contributed by atoms with Crippen molar-refractivity contribution in [3.05, 3.63) is 88.4 Å². The minimum absolute atomic E-state index is 0.160. The Labute approximate surface area is 202 Å². The van der Waals surface area contributed by atoms with Gasteiger partial charge in [0.15, 0.2) is 5.65 Å². The molecule has 0 unspecified atom stereocenters. The highest BCUT2D eigenvalue weighted by Gasteiger charge is 2.28. The molecule has 172 valence electrons. The van der Waals surface area contributed by atoms with Gasteiger partial charge in [-0.3, -0.25) is 0 Å². The predicted octanol–water partition coefficient (Wildman–Crippen LogP) is 5.04. The van der Waals surface area contributed by atoms with Gasteiger partial charge in [0.2, 0.25) is 14.9 Å². The average molecular weight is 492 g/mol. The largest absolute Gasteiger partial charge is 0.369 e. The standard InChI is InChI=1S/C25H22ClN5O2S/c1-16-7-8-17(2)22(15-16)34(32,33)25-24-28-23(27-14-13-18-9-11-19(26)12-10-18)20-5-3-4-6-21(20)31(24)30-29-25/h3-12,15H,13-14H2,1-2H3,(H,27,28). The molecule has 0 atom stereocenters. The zero-order valence-corrected chi connectivity index (χ0v) is 20.2. The maximum Gasteiger partial charge on any atom is 0.229 e. The van der Waals surface area contributed by atoms with E-state index in [-0.39, 0.29) is 15.6 Å². The van der Waals surface area contributed by atoms with Crippen LogP contribution in [0.3, 0.4) is 0 Å². The monoisotopic (exact) mass is 491 g/mol. The molecular weight excluding hydrogens is 470 g/mol. The van der Waals surface area contributed by atoms with Crippen molar-refractivity contribution in [2.45, 2.75) is 30.2 Å². The first kappa shape index (κ1) is 22.3. The highest BCUT2D eigenvalue weighted by molar-refractivity contribution is 7.91. The number of fused-ring (bicyclic) bond motifs is 3. The molecule has 0 fully saturated rings. The number of para-hydroxylation sites is 1. The summed E-state index contributed by atoms with van der Waals surface area (Å²) in [5.41, 5.74) is 3.54. The molecule has 0 aliphatic rings. The van der Waals surface area contributed by atoms with Crippen LogP contribution in [0.15, 0.2) is 76.7 Å². The normalized spacial score (nSPS) is 11.9. The topological polar surface area (TPSA) is 89.2 Å². The quantitative estimate of drug-likeness (QED) is 0.358. The second-order valence-corrected chi connectivity index (χ2v) is 10.5. The van der Waals surface area contributed by atoms with Gasteiger partial charge in [0.25, 0.3) is 0 Å². The Bertz CT molecular complexity index is 1630. The highest BCUT2D eigenvalue weighted by Crippen LogP contribution is 2.29. The Balaban J connectivity index is 1.59. The fourth-order valence-electron chi connectivity index (χ4n) is 3.93. The molecule has 2 aromatic heterocycles. The second-order valence-electron chi connectivity index (χ2n) is 8.18. The molecule has 0 saturated heterocycles. The first-order valence-electron chi connectivity index (χ1n) is 10.8. The predicted molar refractivity (Wildman–Crippen MR) is 133 cm³/mol. The Morgan fingerprint density at radius 1 is 1.00 bits per heavy atom. The lowest BCUT2D eigenvalue weighted by atomic mass is 10.1. The van der Waals surface area contributed by atoms with Gasteiger partial charge in [-0.2, -0.15) is 4.52 Å². The summed E-state index contributed by atoms with van der Waals surface area (Å²) in [5, 5.41) is 12.9. The van der Waals surface area contributed by atoms with Crippen molar-refractivity contribution >= 4 is 43.8 Å². The lowest BCUT2D eigenvalue weighted by Crippen LogP contribution is -2.10. The van der Waals surface area contributed by atoms with E-state index in [4.69, 9.17) is 11.6 Å². The van der Waals surface area contributed by atoms with E-state index in [2.05, 4.69) is 20.6 Å². The van der Waals surface area contributed by atoms with Crippen molar-refractivity contribution in [1.29, 1.82) is 0 Å². The number of benzene rings is 3. The van der Waals surface area contributed by atoms with Crippen LogP contribution >= 0.6 is 11.6 Å². The molecule has 34 heavy (non-hydrogen) atoms. The lowest BCUT2D eigenvalue weighted by molar-refractivity contribution is 0.592. The van der Waals surface area contributed by atoms with Crippen LogP contribution in [0.5, 0.6) is 0 Å². The van der Waals surface area contributed by atoms with Crippen LogP contribution in [0.25, 0.3) is 16.6 Å². The van der Waals surface area contributed by atoms with E-state index in [0.717, 1.165) is 28.5 Å². The van der Waals surface area contributed by atoms with Gasteiger partial charge in [-0.25, -0.2) is 13.4 Å². The van der Waals surface area contributed by atoms with E-state index in [1.54, 1.807) is 19.1 Å². The van der Waals surface area contributed by atoms with Crippen LogP contribution in [-0.2, 0) is 16.3 Å². The summed E-state index contributed by atoms with van der Waals surface area (Å²) < 4.78 is 28.6. The first-order chi connectivity index (χ1) is 16.3. The van der Waals surface area contributed by atoms with Crippen molar-refractivity contribution in [1.82, 2.24) is 19.8 Å². The molecule has 0 spiro atoms. The summed E-state index contributed by atoms with van der Waals surface area (Å²) in [6.45, 7) is 4.23. The minimum Gasteiger partial charge on any atom is -0.369 e. The number of aromatic nitrogens is 4. The first-order valence-corrected chi connectivity index (χ1v) is 12.7. The van der Waals surface area contributed by atoms with Gasteiger partial charge >= 0.3 is 0 Å². The van der Waals surface area contributed by atoms with Crippen molar-refractivity contribution in [2.24, 2.45) is 0 Å². The van der Waals surface area contributed by atoms with Gasteiger partial charge in [-0.05, 0) is 67.3 Å². The van der Waals surface area contributed by atoms with E-state index in [0.29, 0.717) is 22.9 Å². The summed E-state index contributed by atoms with van der Waals surface area (Å²) >= 11 is 5.98. The highest BCUT2D eigenvalue weighted by atomic mass is 35.5. The van der Waals surface area contributed by atoms with Crippen LogP contribution in [0.4, 0.5) is 5.82 Å². The molecule has 1 N–H and O–H groups in total. The molecule has 0 bridgehead atoms. The maximum absolute atomic E-state index is 13.6. The van der Waals surface area contributed by atoms with Gasteiger partial charge in [0.1, 0.15) is 5.82 Å². The Morgan fingerprint density at radius 3 is 2.56 bits per heavy atom. The fraction of sp³-hybridized carbons (Fsp3) is 0.160. The molecule has 9 heteroatoms. The minimum atomic E-state index is -3.93. The summed E-state index contributed by atoms with van der Waals surface area (Å²) in [5.74, 6) is 0.580. The SMILES string of the molecule is Cc1ccc(C)c(S(=O)(=O)c2nnn3c2nc(NCCc2ccc(Cl)cc2)c2ccccc23)c1. The molecule has 0 amide bonds. The zero-order chi connectivity index (χ0) is 23.9. The molecule has 0 aliphatic carbocycles. The Kier molecular flexibility index (Phi) is 5.71. The number of nitrogens with one attached hydrogen (secondary N) is 1. The van der Waals surface area contributed by atoms with Crippen LogP contribution < -0.4 is 5.32 Å². The number of sulfone groups is 1. The lowest BCUT2D eigenvalue weighted by Gasteiger charge is -2.11. The zero-order valence-electron chi connectivity index (χ0n) is 18.7. The van der Waals surface area contributed by atoms with E-state index in [1.165, 1.54) is 4.52 Å². The summed E-state index contributed by atoms with van der Waals surface area (Å²) in [6.07, 6.45) is 0.753. The average Bonchev–Trinajstić information content (AvgIpc) is 3.27. The van der Waals surface area contributed by atoms with Crippen LogP contribution in [0.1, 0.15) is 16.7 Å². The molecule has 2 heterocycles. The Hall–Kier alpha value is -3.49. The second kappa shape index (κ2) is 8.70. The van der Waals surface area contributed by atoms with Crippen LogP contribution in [0.2, 0.25) is 5.02 Å². The van der Waals surface area contributed by atoms with Crippen molar-refractivity contribution < 1.29 is 8.42 Å². The molecule has 0 radical (unpaired) electrons. The van der Waals surface area contributed by atoms with Crippen LogP contribution in [0, 0.1) is 13.8 Å². The number of nitrogens with zero attached hydrogens (tertiary/aromatic N) is 4. The van der Waals surface area contributed by atoms with Gasteiger partial charge < -0.3 is 5.32 Å². The van der Waals surface area contributed by atoms with Crippen molar-refractivity contribution in [3.8, 4) is 0 Å². The van der Waals surface area contributed by atoms with Gasteiger partial charge in [-0.15, -0.1) is 5.10 Å². The van der Waals surface area contributed by atoms with Gasteiger partial charge in [0.05, 0.1) is 10.4 Å². The number of rotatable bonds is 6. The molecule has 5 rings (SSSR count). The number of aryl methyl sites for hydroxylation is 2. The van der Waals surface area contributed by atoms with E-state index in [9.17, 15) is 8.42 Å².